The number of hydrogen-bond acceptors (Lipinski definition) is 4. The Kier molecular flexibility index (Phi) is 6.36. The molecule has 0 unspecified atom stereocenters. The lowest BCUT2D eigenvalue weighted by Gasteiger charge is -2.24. The molecule has 1 aromatic heterocycles. The molecule has 4 rings (SSSR count). The van der Waals surface area contributed by atoms with Crippen LogP contribution in [0, 0.1) is 5.82 Å². The van der Waals surface area contributed by atoms with Gasteiger partial charge in [-0.1, -0.05) is 12.1 Å². The average molecular weight is 461 g/mol. The number of carboxylic acids is 1. The number of furan rings is 1. The van der Waals surface area contributed by atoms with Crippen molar-refractivity contribution >= 4 is 28.5 Å². The van der Waals surface area contributed by atoms with Crippen molar-refractivity contribution in [3.63, 3.8) is 0 Å². The van der Waals surface area contributed by atoms with Gasteiger partial charge in [0.25, 0.3) is 5.91 Å². The van der Waals surface area contributed by atoms with E-state index < -0.39 is 5.97 Å². The molecule has 0 aliphatic carbocycles. The van der Waals surface area contributed by atoms with Crippen LogP contribution in [0.4, 0.5) is 10.1 Å². The van der Waals surface area contributed by atoms with Crippen molar-refractivity contribution in [1.29, 1.82) is 0 Å². The molecule has 1 amide bonds. The molecule has 0 saturated carbocycles. The quantitative estimate of drug-likeness (QED) is 0.364. The number of anilines is 1. The lowest BCUT2D eigenvalue weighted by Crippen LogP contribution is -2.22. The lowest BCUT2D eigenvalue weighted by molar-refractivity contribution is 0.0696. The van der Waals surface area contributed by atoms with Gasteiger partial charge in [-0.15, -0.1) is 0 Å². The molecule has 4 aromatic rings. The normalized spacial score (nSPS) is 10.9. The highest BCUT2D eigenvalue weighted by Gasteiger charge is 2.24. The van der Waals surface area contributed by atoms with Gasteiger partial charge in [0.2, 0.25) is 0 Å². The number of halogens is 1. The molecule has 0 fully saturated rings. The van der Waals surface area contributed by atoms with Crippen LogP contribution in [0.15, 0.2) is 65.1 Å². The molecule has 174 valence electrons. The highest BCUT2D eigenvalue weighted by atomic mass is 19.1. The molecular formula is C27H25FN2O4. The first kappa shape index (κ1) is 23.0. The topological polar surface area (TPSA) is 82.8 Å². The van der Waals surface area contributed by atoms with Crippen LogP contribution in [-0.4, -0.2) is 37.1 Å². The van der Waals surface area contributed by atoms with Crippen molar-refractivity contribution in [1.82, 2.24) is 5.32 Å². The Bertz CT molecular complexity index is 1370. The molecule has 6 nitrogen and oxygen atoms in total. The maximum Gasteiger partial charge on any atom is 0.335 e. The number of benzene rings is 3. The van der Waals surface area contributed by atoms with Gasteiger partial charge < -0.3 is 19.7 Å². The monoisotopic (exact) mass is 460 g/mol. The van der Waals surface area contributed by atoms with E-state index in [2.05, 4.69) is 10.2 Å². The van der Waals surface area contributed by atoms with Crippen molar-refractivity contribution in [3.05, 3.63) is 77.6 Å². The second-order valence-electron chi connectivity index (χ2n) is 7.82. The maximum atomic E-state index is 13.5. The number of aromatic carboxylic acids is 1. The predicted octanol–water partition coefficient (Wildman–Crippen LogP) is 5.81. The molecule has 3 aromatic carbocycles. The molecule has 34 heavy (non-hydrogen) atoms. The van der Waals surface area contributed by atoms with E-state index in [-0.39, 0.29) is 17.3 Å². The third kappa shape index (κ3) is 4.12. The average Bonchev–Trinajstić information content (AvgIpc) is 3.22. The zero-order chi connectivity index (χ0) is 24.4. The van der Waals surface area contributed by atoms with Gasteiger partial charge in [0.15, 0.2) is 0 Å². The van der Waals surface area contributed by atoms with E-state index in [1.807, 2.05) is 32.0 Å². The van der Waals surface area contributed by atoms with E-state index in [1.165, 1.54) is 19.2 Å². The summed E-state index contributed by atoms with van der Waals surface area (Å²) >= 11 is 0. The molecule has 2 N–H and O–H groups in total. The summed E-state index contributed by atoms with van der Waals surface area (Å²) < 4.78 is 19.7. The number of nitrogens with one attached hydrogen (secondary N) is 1. The van der Waals surface area contributed by atoms with Crippen LogP contribution >= 0.6 is 0 Å². The van der Waals surface area contributed by atoms with E-state index in [9.17, 15) is 19.1 Å². The Morgan fingerprint density at radius 1 is 1.00 bits per heavy atom. The minimum absolute atomic E-state index is 0.175. The van der Waals surface area contributed by atoms with Crippen molar-refractivity contribution in [2.75, 3.05) is 25.0 Å². The Morgan fingerprint density at radius 3 is 2.32 bits per heavy atom. The Hall–Kier alpha value is -4.13. The molecule has 7 heteroatoms. The van der Waals surface area contributed by atoms with E-state index in [0.29, 0.717) is 27.9 Å². The fourth-order valence-electron chi connectivity index (χ4n) is 4.16. The molecule has 0 bridgehead atoms. The van der Waals surface area contributed by atoms with Crippen LogP contribution in [-0.2, 0) is 0 Å². The molecule has 1 heterocycles. The first-order valence-corrected chi connectivity index (χ1v) is 11.0. The van der Waals surface area contributed by atoms with Crippen LogP contribution < -0.4 is 10.2 Å². The molecule has 0 radical (unpaired) electrons. The summed E-state index contributed by atoms with van der Waals surface area (Å²) in [5.41, 5.74) is 3.97. The Labute approximate surface area is 196 Å². The summed E-state index contributed by atoms with van der Waals surface area (Å²) in [6.45, 7) is 5.52. The number of carbonyl (C=O) groups is 2. The van der Waals surface area contributed by atoms with Gasteiger partial charge in [0, 0.05) is 48.4 Å². The van der Waals surface area contributed by atoms with Gasteiger partial charge in [-0.25, -0.2) is 9.18 Å². The zero-order valence-corrected chi connectivity index (χ0v) is 19.2. The van der Waals surface area contributed by atoms with Crippen molar-refractivity contribution < 1.29 is 23.5 Å². The van der Waals surface area contributed by atoms with Crippen LogP contribution in [0.5, 0.6) is 0 Å². The minimum Gasteiger partial charge on any atom is -0.478 e. The van der Waals surface area contributed by atoms with E-state index in [0.717, 1.165) is 29.9 Å². The first-order valence-electron chi connectivity index (χ1n) is 11.0. The smallest absolute Gasteiger partial charge is 0.335 e. The molecule has 0 aliphatic heterocycles. The van der Waals surface area contributed by atoms with E-state index in [1.54, 1.807) is 30.3 Å². The fraction of sp³-hybridized carbons (Fsp3) is 0.185. The van der Waals surface area contributed by atoms with Crippen molar-refractivity contribution in [2.45, 2.75) is 13.8 Å². The number of hydrogen-bond donors (Lipinski definition) is 2. The highest BCUT2D eigenvalue weighted by molar-refractivity contribution is 6.13. The second-order valence-corrected chi connectivity index (χ2v) is 7.82. The Balaban J connectivity index is 2.05. The van der Waals surface area contributed by atoms with Crippen molar-refractivity contribution in [3.8, 4) is 22.5 Å². The standard InChI is InChI=1S/C27H25FN2O4/c1-4-30(5-2)22-15-23-21(14-20(22)17-7-6-8-18(13-17)27(32)33)24(26(31)29-3)25(34-23)16-9-11-19(28)12-10-16/h6-15H,4-5H2,1-3H3,(H,29,31)(H,32,33). The highest BCUT2D eigenvalue weighted by Crippen LogP contribution is 2.41. The SMILES string of the molecule is CCN(CC)c1cc2oc(-c3ccc(F)cc3)c(C(=O)NC)c2cc1-c1cccc(C(=O)O)c1. The van der Waals surface area contributed by atoms with Crippen LogP contribution in [0.1, 0.15) is 34.6 Å². The van der Waals surface area contributed by atoms with Gasteiger partial charge in [-0.3, -0.25) is 4.79 Å². The molecular weight excluding hydrogens is 435 g/mol. The van der Waals surface area contributed by atoms with Gasteiger partial charge in [0.1, 0.15) is 17.2 Å². The molecule has 0 atom stereocenters. The summed E-state index contributed by atoms with van der Waals surface area (Å²) in [4.78, 5) is 26.7. The van der Waals surface area contributed by atoms with Gasteiger partial charge in [-0.05, 0) is 61.9 Å². The van der Waals surface area contributed by atoms with Gasteiger partial charge in [-0.2, -0.15) is 0 Å². The minimum atomic E-state index is -1.01. The number of carboxylic acid groups (broad SMARTS) is 1. The van der Waals surface area contributed by atoms with Gasteiger partial charge in [0.05, 0.1) is 11.1 Å². The van der Waals surface area contributed by atoms with Crippen LogP contribution in [0.2, 0.25) is 0 Å². The lowest BCUT2D eigenvalue weighted by atomic mass is 9.96. The third-order valence-corrected chi connectivity index (χ3v) is 5.89. The molecule has 0 spiro atoms. The molecule has 0 aliphatic rings. The maximum absolute atomic E-state index is 13.5. The predicted molar refractivity (Wildman–Crippen MR) is 131 cm³/mol. The second kappa shape index (κ2) is 9.39. The zero-order valence-electron chi connectivity index (χ0n) is 19.2. The summed E-state index contributed by atoms with van der Waals surface area (Å²) in [5.74, 6) is -1.39. The third-order valence-electron chi connectivity index (χ3n) is 5.89. The molecule has 0 saturated heterocycles. The van der Waals surface area contributed by atoms with Gasteiger partial charge >= 0.3 is 5.97 Å². The number of amides is 1. The Morgan fingerprint density at radius 2 is 1.71 bits per heavy atom. The van der Waals surface area contributed by atoms with E-state index >= 15 is 0 Å². The number of carbonyl (C=O) groups excluding carboxylic acids is 1. The number of rotatable bonds is 7. The van der Waals surface area contributed by atoms with Crippen LogP contribution in [0.3, 0.4) is 0 Å². The fourth-order valence-corrected chi connectivity index (χ4v) is 4.16. The summed E-state index contributed by atoms with van der Waals surface area (Å²) in [5, 5.41) is 12.7. The summed E-state index contributed by atoms with van der Waals surface area (Å²) in [7, 11) is 1.54. The van der Waals surface area contributed by atoms with Crippen LogP contribution in [0.25, 0.3) is 33.4 Å². The number of fused-ring (bicyclic) bond motifs is 1. The van der Waals surface area contributed by atoms with E-state index in [4.69, 9.17) is 4.42 Å². The summed E-state index contributed by atoms with van der Waals surface area (Å²) in [6.07, 6.45) is 0. The first-order chi connectivity index (χ1) is 16.4. The largest absolute Gasteiger partial charge is 0.478 e. The number of nitrogens with zero attached hydrogens (tertiary/aromatic N) is 1. The summed E-state index contributed by atoms with van der Waals surface area (Å²) in [6, 6.07) is 16.2. The van der Waals surface area contributed by atoms with Crippen molar-refractivity contribution in [2.24, 2.45) is 0 Å².